The molecule has 3 rings (SSSR count). The molecule has 1 fully saturated rings. The number of carboxylic acids is 1. The summed E-state index contributed by atoms with van der Waals surface area (Å²) in [7, 11) is -3.89. The quantitative estimate of drug-likeness (QED) is 0.783. The highest BCUT2D eigenvalue weighted by molar-refractivity contribution is 7.92. The van der Waals surface area contributed by atoms with Crippen molar-refractivity contribution in [3.05, 3.63) is 53.1 Å². The Morgan fingerprint density at radius 2 is 1.68 bits per heavy atom. The molecule has 1 heterocycles. The van der Waals surface area contributed by atoms with Gasteiger partial charge in [-0.3, -0.25) is 4.72 Å². The molecule has 1 saturated heterocycles. The van der Waals surface area contributed by atoms with Gasteiger partial charge in [0.15, 0.2) is 0 Å². The molecule has 0 radical (unpaired) electrons. The third-order valence-corrected chi connectivity index (χ3v) is 6.59. The van der Waals surface area contributed by atoms with Crippen LogP contribution in [0.25, 0.3) is 0 Å². The summed E-state index contributed by atoms with van der Waals surface area (Å²) in [6.07, 6.45) is 4.50. The molecule has 0 atom stereocenters. The van der Waals surface area contributed by atoms with Crippen molar-refractivity contribution < 1.29 is 18.3 Å². The van der Waals surface area contributed by atoms with Gasteiger partial charge in [-0.25, -0.2) is 13.2 Å². The van der Waals surface area contributed by atoms with Gasteiger partial charge in [0, 0.05) is 18.8 Å². The minimum absolute atomic E-state index is 0.0462. The van der Waals surface area contributed by atoms with Crippen LogP contribution in [0.2, 0.25) is 0 Å². The Morgan fingerprint density at radius 3 is 2.29 bits per heavy atom. The summed E-state index contributed by atoms with van der Waals surface area (Å²) in [4.78, 5) is 14.1. The minimum Gasteiger partial charge on any atom is -0.478 e. The zero-order valence-electron chi connectivity index (χ0n) is 16.2. The van der Waals surface area contributed by atoms with Crippen LogP contribution in [0, 0.1) is 13.8 Å². The van der Waals surface area contributed by atoms with E-state index in [0.29, 0.717) is 5.56 Å². The number of benzene rings is 2. The van der Waals surface area contributed by atoms with Gasteiger partial charge in [0.1, 0.15) is 0 Å². The third-order valence-electron chi connectivity index (χ3n) is 5.07. The number of nitrogens with zero attached hydrogens (tertiary/aromatic N) is 1. The molecule has 0 unspecified atom stereocenters. The first-order chi connectivity index (χ1) is 13.3. The number of hydrogen-bond acceptors (Lipinski definition) is 4. The summed E-state index contributed by atoms with van der Waals surface area (Å²) in [5.41, 5.74) is 2.42. The van der Waals surface area contributed by atoms with Crippen molar-refractivity contribution in [3.8, 4) is 0 Å². The second kappa shape index (κ2) is 8.22. The third kappa shape index (κ3) is 4.47. The van der Waals surface area contributed by atoms with Gasteiger partial charge in [-0.05, 0) is 56.5 Å². The molecule has 0 aliphatic carbocycles. The largest absolute Gasteiger partial charge is 0.478 e. The standard InChI is InChI=1S/C21H26N2O4S/c1-15-7-10-20(16(2)13-15)28(26,27)22-19-9-8-17(14-18(19)21(24)25)23-11-5-3-4-6-12-23/h7-10,13-14,22H,3-6,11-12H2,1-2H3,(H,24,25). The molecule has 0 bridgehead atoms. The predicted molar refractivity (Wildman–Crippen MR) is 111 cm³/mol. The summed E-state index contributed by atoms with van der Waals surface area (Å²) in [6, 6.07) is 9.95. The van der Waals surface area contributed by atoms with Gasteiger partial charge in [-0.15, -0.1) is 0 Å². The second-order valence-electron chi connectivity index (χ2n) is 7.31. The summed E-state index contributed by atoms with van der Waals surface area (Å²) in [5, 5.41) is 9.65. The second-order valence-corrected chi connectivity index (χ2v) is 8.96. The number of anilines is 2. The van der Waals surface area contributed by atoms with E-state index >= 15 is 0 Å². The van der Waals surface area contributed by atoms with Crippen LogP contribution in [0.15, 0.2) is 41.3 Å². The lowest BCUT2D eigenvalue weighted by Gasteiger charge is -2.23. The SMILES string of the molecule is Cc1ccc(S(=O)(=O)Nc2ccc(N3CCCCCC3)cc2C(=O)O)c(C)c1. The van der Waals surface area contributed by atoms with E-state index in [1.807, 2.05) is 6.92 Å². The van der Waals surface area contributed by atoms with Crippen LogP contribution in [0.4, 0.5) is 11.4 Å². The van der Waals surface area contributed by atoms with Crippen LogP contribution in [0.1, 0.15) is 47.2 Å². The van der Waals surface area contributed by atoms with Crippen LogP contribution in [-0.4, -0.2) is 32.6 Å². The smallest absolute Gasteiger partial charge is 0.337 e. The number of carbonyl (C=O) groups is 1. The fourth-order valence-electron chi connectivity index (χ4n) is 3.62. The van der Waals surface area contributed by atoms with E-state index in [2.05, 4.69) is 9.62 Å². The first kappa shape index (κ1) is 20.2. The first-order valence-electron chi connectivity index (χ1n) is 9.50. The highest BCUT2D eigenvalue weighted by Gasteiger charge is 2.22. The van der Waals surface area contributed by atoms with E-state index in [1.165, 1.54) is 12.8 Å². The summed E-state index contributed by atoms with van der Waals surface area (Å²) >= 11 is 0. The van der Waals surface area contributed by atoms with Crippen molar-refractivity contribution in [1.29, 1.82) is 0 Å². The van der Waals surface area contributed by atoms with Gasteiger partial charge in [0.25, 0.3) is 10.0 Å². The molecule has 0 amide bonds. The molecule has 0 saturated carbocycles. The zero-order chi connectivity index (χ0) is 20.3. The van der Waals surface area contributed by atoms with Gasteiger partial charge in [0.2, 0.25) is 0 Å². The molecule has 150 valence electrons. The molecule has 1 aliphatic rings. The van der Waals surface area contributed by atoms with Gasteiger partial charge >= 0.3 is 5.97 Å². The number of sulfonamides is 1. The van der Waals surface area contributed by atoms with Crippen LogP contribution >= 0.6 is 0 Å². The number of aromatic carboxylic acids is 1. The van der Waals surface area contributed by atoms with Gasteiger partial charge in [0.05, 0.1) is 16.1 Å². The van der Waals surface area contributed by atoms with Crippen LogP contribution in [0.3, 0.4) is 0 Å². The lowest BCUT2D eigenvalue weighted by atomic mass is 10.1. The summed E-state index contributed by atoms with van der Waals surface area (Å²) in [5.74, 6) is -1.16. The lowest BCUT2D eigenvalue weighted by molar-refractivity contribution is 0.0698. The molecule has 2 aromatic rings. The van der Waals surface area contributed by atoms with Crippen molar-refractivity contribution in [2.75, 3.05) is 22.7 Å². The summed E-state index contributed by atoms with van der Waals surface area (Å²) < 4.78 is 28.1. The Labute approximate surface area is 166 Å². The van der Waals surface area contributed by atoms with Crippen molar-refractivity contribution in [1.82, 2.24) is 0 Å². The molecule has 1 aliphatic heterocycles. The monoisotopic (exact) mass is 402 g/mol. The molecule has 0 aromatic heterocycles. The van der Waals surface area contributed by atoms with Crippen LogP contribution in [-0.2, 0) is 10.0 Å². The van der Waals surface area contributed by atoms with Crippen LogP contribution in [0.5, 0.6) is 0 Å². The maximum absolute atomic E-state index is 12.8. The fraction of sp³-hybridized carbons (Fsp3) is 0.381. The average Bonchev–Trinajstić information content (AvgIpc) is 2.90. The average molecular weight is 403 g/mol. The Balaban J connectivity index is 1.94. The van der Waals surface area contributed by atoms with Gasteiger partial charge < -0.3 is 10.0 Å². The zero-order valence-corrected chi connectivity index (χ0v) is 17.1. The van der Waals surface area contributed by atoms with Crippen molar-refractivity contribution in [2.24, 2.45) is 0 Å². The number of carboxylic acid groups (broad SMARTS) is 1. The lowest BCUT2D eigenvalue weighted by Crippen LogP contribution is -2.24. The Bertz CT molecular complexity index is 978. The maximum atomic E-state index is 12.8. The fourth-order valence-corrected chi connectivity index (χ4v) is 4.93. The molecule has 2 N–H and O–H groups in total. The van der Waals surface area contributed by atoms with E-state index in [0.717, 1.165) is 37.2 Å². The van der Waals surface area contributed by atoms with E-state index < -0.39 is 16.0 Å². The van der Waals surface area contributed by atoms with Crippen molar-refractivity contribution in [2.45, 2.75) is 44.4 Å². The normalized spacial score (nSPS) is 15.1. The van der Waals surface area contributed by atoms with Crippen molar-refractivity contribution in [3.63, 3.8) is 0 Å². The van der Waals surface area contributed by atoms with Gasteiger partial charge in [-0.1, -0.05) is 30.5 Å². The maximum Gasteiger partial charge on any atom is 0.337 e. The first-order valence-corrected chi connectivity index (χ1v) is 11.0. The Morgan fingerprint density at radius 1 is 1.00 bits per heavy atom. The molecule has 7 heteroatoms. The van der Waals surface area contributed by atoms with Crippen LogP contribution < -0.4 is 9.62 Å². The van der Waals surface area contributed by atoms with E-state index in [-0.39, 0.29) is 16.1 Å². The van der Waals surface area contributed by atoms with Gasteiger partial charge in [-0.2, -0.15) is 0 Å². The number of hydrogen-bond donors (Lipinski definition) is 2. The van der Waals surface area contributed by atoms with E-state index in [9.17, 15) is 18.3 Å². The molecule has 6 nitrogen and oxygen atoms in total. The Hall–Kier alpha value is -2.54. The minimum atomic E-state index is -3.89. The molecular weight excluding hydrogens is 376 g/mol. The van der Waals surface area contributed by atoms with E-state index in [1.54, 1.807) is 43.3 Å². The van der Waals surface area contributed by atoms with Crippen molar-refractivity contribution >= 4 is 27.4 Å². The molecule has 0 spiro atoms. The molecule has 2 aromatic carbocycles. The summed E-state index contributed by atoms with van der Waals surface area (Å²) in [6.45, 7) is 5.38. The van der Waals surface area contributed by atoms with E-state index in [4.69, 9.17) is 0 Å². The number of rotatable bonds is 5. The topological polar surface area (TPSA) is 86.7 Å². The predicted octanol–water partition coefficient (Wildman–Crippen LogP) is 4.18. The highest BCUT2D eigenvalue weighted by Crippen LogP contribution is 2.28. The molecule has 28 heavy (non-hydrogen) atoms. The molecular formula is C21H26N2O4S. The number of nitrogens with one attached hydrogen (secondary N) is 1. The Kier molecular flexibility index (Phi) is 5.93. The highest BCUT2D eigenvalue weighted by atomic mass is 32.2. The number of aryl methyl sites for hydroxylation is 2.